The molecule has 1 saturated carbocycles. The highest BCUT2D eigenvalue weighted by Crippen LogP contribution is 2.40. The van der Waals surface area contributed by atoms with Gasteiger partial charge in [-0.25, -0.2) is 17.9 Å². The van der Waals surface area contributed by atoms with E-state index in [-0.39, 0.29) is 34.5 Å². The number of morpholine rings is 1. The first-order chi connectivity index (χ1) is 21.0. The number of ether oxygens (including phenoxy) is 2. The number of fused-ring (bicyclic) bond motifs is 1. The largest absolute Gasteiger partial charge is 0.461 e. The van der Waals surface area contributed by atoms with Gasteiger partial charge in [0.15, 0.2) is 0 Å². The number of hydrogen-bond acceptors (Lipinski definition) is 8. The third kappa shape index (κ3) is 8.13. The number of rotatable bonds is 9. The summed E-state index contributed by atoms with van der Waals surface area (Å²) in [6.45, 7) is 2.22. The molecule has 8 nitrogen and oxygen atoms in total. The molecule has 0 spiro atoms. The molecule has 44 heavy (non-hydrogen) atoms. The highest BCUT2D eigenvalue weighted by Gasteiger charge is 2.32. The van der Waals surface area contributed by atoms with Crippen molar-refractivity contribution in [3.63, 3.8) is 0 Å². The van der Waals surface area contributed by atoms with E-state index in [0.717, 1.165) is 68.4 Å². The van der Waals surface area contributed by atoms with Crippen molar-refractivity contribution in [2.45, 2.75) is 55.3 Å². The lowest BCUT2D eigenvalue weighted by molar-refractivity contribution is -0.126. The Hall–Kier alpha value is -3.09. The Labute approximate surface area is 257 Å². The van der Waals surface area contributed by atoms with E-state index in [4.69, 9.17) is 14.6 Å². The Morgan fingerprint density at radius 2 is 1.84 bits per heavy atom. The second-order valence-electron chi connectivity index (χ2n) is 10.8. The molecule has 2 heterocycles. The van der Waals surface area contributed by atoms with E-state index in [0.29, 0.717) is 16.3 Å². The fraction of sp³-hybridized carbons (Fsp3) is 0.467. The second kappa shape index (κ2) is 13.9. The van der Waals surface area contributed by atoms with Gasteiger partial charge in [-0.1, -0.05) is 24.0 Å². The van der Waals surface area contributed by atoms with Crippen LogP contribution in [0.1, 0.15) is 36.1 Å². The molecule has 14 heteroatoms. The van der Waals surface area contributed by atoms with Gasteiger partial charge in [-0.2, -0.15) is 13.2 Å². The summed E-state index contributed by atoms with van der Waals surface area (Å²) in [6.07, 6.45) is -1.46. The number of alkyl halides is 4. The van der Waals surface area contributed by atoms with Crippen molar-refractivity contribution in [3.05, 3.63) is 46.8 Å². The second-order valence-corrected chi connectivity index (χ2v) is 13.4. The molecule has 3 aromatic rings. The average molecular weight is 655 g/mol. The minimum Gasteiger partial charge on any atom is -0.461 e. The number of nitrogens with zero attached hydrogens (tertiary/aromatic N) is 1. The van der Waals surface area contributed by atoms with Crippen LogP contribution in [-0.4, -0.2) is 71.3 Å². The molecule has 2 fully saturated rings. The van der Waals surface area contributed by atoms with Crippen molar-refractivity contribution in [1.82, 2.24) is 4.90 Å². The van der Waals surface area contributed by atoms with Gasteiger partial charge >= 0.3 is 6.18 Å². The number of halogens is 4. The molecule has 2 aliphatic rings. The molecule has 1 aliphatic heterocycles. The first-order valence-electron chi connectivity index (χ1n) is 14.3. The van der Waals surface area contributed by atoms with E-state index in [1.807, 2.05) is 6.07 Å². The van der Waals surface area contributed by atoms with Crippen molar-refractivity contribution in [2.24, 2.45) is 5.14 Å². The zero-order chi connectivity index (χ0) is 31.3. The number of primary sulfonamides is 1. The monoisotopic (exact) mass is 654 g/mol. The lowest BCUT2D eigenvalue weighted by atomic mass is 9.89. The van der Waals surface area contributed by atoms with E-state index in [1.165, 1.54) is 23.5 Å². The number of anilines is 2. The molecule has 1 aromatic heterocycles. The van der Waals surface area contributed by atoms with Crippen LogP contribution >= 0.6 is 11.3 Å². The van der Waals surface area contributed by atoms with Gasteiger partial charge in [0.05, 0.1) is 52.0 Å². The Morgan fingerprint density at radius 1 is 1.09 bits per heavy atom. The Kier molecular flexibility index (Phi) is 10.2. The molecule has 2 aromatic carbocycles. The Balaban J connectivity index is 1.33. The summed E-state index contributed by atoms with van der Waals surface area (Å²) in [4.78, 5) is 2.56. The topological polar surface area (TPSA) is 106 Å². The summed E-state index contributed by atoms with van der Waals surface area (Å²) in [5, 5.41) is 12.2. The summed E-state index contributed by atoms with van der Waals surface area (Å²) >= 11 is 1.22. The quantitative estimate of drug-likeness (QED) is 0.207. The van der Waals surface area contributed by atoms with Crippen molar-refractivity contribution < 1.29 is 35.5 Å². The number of nitrogens with one attached hydrogen (secondary N) is 2. The molecule has 238 valence electrons. The Bertz CT molecular complexity index is 1620. The normalized spacial score (nSPS) is 19.8. The van der Waals surface area contributed by atoms with Crippen LogP contribution < -0.4 is 20.5 Å². The standard InChI is InChI=1S/C30H34F4N4O4S2/c31-19-42-27-17-22(44(35,39)40)10-11-25(27)36-12-2-5-28-24(18-30(32,33)34)23-3-1-4-26(29(23)43-28)37-20-6-8-21(9-7-20)38-13-15-41-16-14-38/h1,3-4,10-11,17,20-21,36-37H,6-9,12-16,18-19H2,(H2,35,39,40). The Morgan fingerprint density at radius 3 is 2.52 bits per heavy atom. The van der Waals surface area contributed by atoms with E-state index in [9.17, 15) is 26.0 Å². The fourth-order valence-electron chi connectivity index (χ4n) is 5.78. The molecule has 1 aliphatic carbocycles. The van der Waals surface area contributed by atoms with Crippen LogP contribution in [0.25, 0.3) is 10.1 Å². The van der Waals surface area contributed by atoms with Crippen molar-refractivity contribution >= 4 is 42.8 Å². The van der Waals surface area contributed by atoms with E-state index in [2.05, 4.69) is 27.4 Å². The zero-order valence-corrected chi connectivity index (χ0v) is 25.5. The molecule has 0 bridgehead atoms. The van der Waals surface area contributed by atoms with Crippen molar-refractivity contribution in [3.8, 4) is 17.6 Å². The van der Waals surface area contributed by atoms with Crippen molar-refractivity contribution in [2.75, 3.05) is 50.3 Å². The molecule has 5 rings (SSSR count). The van der Waals surface area contributed by atoms with Crippen LogP contribution in [0.15, 0.2) is 41.3 Å². The summed E-state index contributed by atoms with van der Waals surface area (Å²) < 4.78 is 88.2. The van der Waals surface area contributed by atoms with Crippen LogP contribution in [0.2, 0.25) is 0 Å². The molecular formula is C30H34F4N4O4S2. The van der Waals surface area contributed by atoms with Crippen LogP contribution in [0.3, 0.4) is 0 Å². The van der Waals surface area contributed by atoms with Gasteiger partial charge in [-0.05, 0) is 54.8 Å². The number of thiophene rings is 1. The third-order valence-corrected chi connectivity index (χ3v) is 9.98. The summed E-state index contributed by atoms with van der Waals surface area (Å²) in [7, 11) is -4.03. The lowest BCUT2D eigenvalue weighted by Crippen LogP contribution is -2.46. The lowest BCUT2D eigenvalue weighted by Gasteiger charge is -2.39. The maximum absolute atomic E-state index is 13.7. The summed E-state index contributed by atoms with van der Waals surface area (Å²) in [5.41, 5.74) is 1.19. The molecule has 0 radical (unpaired) electrons. The van der Waals surface area contributed by atoms with Gasteiger partial charge in [0, 0.05) is 31.2 Å². The minimum atomic E-state index is -4.42. The SMILES string of the molecule is NS(=O)(=O)c1ccc(NCC#Cc2sc3c(NC4CCC(N5CCOCC5)CC4)cccc3c2CC(F)(F)F)c(OCF)c1. The van der Waals surface area contributed by atoms with E-state index >= 15 is 0 Å². The predicted molar refractivity (Wildman–Crippen MR) is 163 cm³/mol. The van der Waals surface area contributed by atoms with Gasteiger partial charge in [0.2, 0.25) is 16.9 Å². The zero-order valence-electron chi connectivity index (χ0n) is 23.9. The smallest absolute Gasteiger partial charge is 0.393 e. The third-order valence-electron chi connectivity index (χ3n) is 7.87. The molecule has 4 N–H and O–H groups in total. The van der Waals surface area contributed by atoms with Crippen LogP contribution in [0, 0.1) is 11.8 Å². The molecule has 1 saturated heterocycles. The number of hydrogen-bond donors (Lipinski definition) is 3. The average Bonchev–Trinajstić information content (AvgIpc) is 3.33. The summed E-state index contributed by atoms with van der Waals surface area (Å²) in [6, 6.07) is 9.81. The van der Waals surface area contributed by atoms with Gasteiger partial charge in [0.25, 0.3) is 0 Å². The molecule has 0 unspecified atom stereocenters. The maximum Gasteiger partial charge on any atom is 0.393 e. The molecule has 0 atom stereocenters. The number of nitrogens with two attached hydrogens (primary N) is 1. The van der Waals surface area contributed by atoms with Crippen LogP contribution in [0.5, 0.6) is 5.75 Å². The van der Waals surface area contributed by atoms with Gasteiger partial charge in [-0.3, -0.25) is 4.90 Å². The number of sulfonamides is 1. The van der Waals surface area contributed by atoms with E-state index < -0.39 is 29.5 Å². The number of benzene rings is 2. The minimum absolute atomic E-state index is 0.0193. The van der Waals surface area contributed by atoms with Gasteiger partial charge in [-0.15, -0.1) is 11.3 Å². The summed E-state index contributed by atoms with van der Waals surface area (Å²) in [5.74, 6) is 5.64. The van der Waals surface area contributed by atoms with E-state index in [1.54, 1.807) is 12.1 Å². The van der Waals surface area contributed by atoms with Crippen molar-refractivity contribution in [1.29, 1.82) is 0 Å². The van der Waals surface area contributed by atoms with Crippen LogP contribution in [0.4, 0.5) is 28.9 Å². The first kappa shape index (κ1) is 32.3. The molecule has 0 amide bonds. The van der Waals surface area contributed by atoms with Gasteiger partial charge < -0.3 is 20.1 Å². The highest BCUT2D eigenvalue weighted by atomic mass is 32.2. The first-order valence-corrected chi connectivity index (χ1v) is 16.7. The predicted octanol–water partition coefficient (Wildman–Crippen LogP) is 5.48. The highest BCUT2D eigenvalue weighted by molar-refractivity contribution is 7.89. The van der Waals surface area contributed by atoms with Crippen LogP contribution in [-0.2, 0) is 21.2 Å². The van der Waals surface area contributed by atoms with Gasteiger partial charge in [0.1, 0.15) is 5.75 Å². The maximum atomic E-state index is 13.7. The molecular weight excluding hydrogens is 620 g/mol. The fourth-order valence-corrected chi connectivity index (χ4v) is 7.48.